The van der Waals surface area contributed by atoms with Crippen LogP contribution in [0.2, 0.25) is 5.28 Å². The first kappa shape index (κ1) is 12.0. The van der Waals surface area contributed by atoms with Crippen LogP contribution in [-0.4, -0.2) is 14.5 Å². The van der Waals surface area contributed by atoms with Crippen molar-refractivity contribution < 1.29 is 30.0 Å². The monoisotopic (exact) mass is 209 g/mol. The van der Waals surface area contributed by atoms with Gasteiger partial charge in [-0.1, -0.05) is 5.21 Å². The molecule has 0 aromatic carbocycles. The highest BCUT2D eigenvalue weighted by atomic mass is 35.5. The SMILES string of the molecule is Clc1n[nH+]n(Cl)n1.[Cl-].[Cl-]. The van der Waals surface area contributed by atoms with Gasteiger partial charge in [-0.15, -0.1) is 0 Å². The van der Waals surface area contributed by atoms with Crippen LogP contribution in [0.3, 0.4) is 0 Å². The molecule has 1 rings (SSSR count). The zero-order chi connectivity index (χ0) is 5.28. The lowest BCUT2D eigenvalue weighted by molar-refractivity contribution is -0.536. The van der Waals surface area contributed by atoms with E-state index in [1.807, 2.05) is 0 Å². The smallest absolute Gasteiger partial charge is 0.401 e. The highest BCUT2D eigenvalue weighted by Crippen LogP contribution is 1.90. The van der Waals surface area contributed by atoms with Gasteiger partial charge in [-0.2, -0.15) is 0 Å². The van der Waals surface area contributed by atoms with Crippen molar-refractivity contribution in [3.8, 4) is 0 Å². The average molecular weight is 211 g/mol. The van der Waals surface area contributed by atoms with E-state index in [1.165, 1.54) is 0 Å². The predicted octanol–water partition coefficient (Wildman–Crippen LogP) is -6.24. The second-order valence-electron chi connectivity index (χ2n) is 0.841. The lowest BCUT2D eigenvalue weighted by Crippen LogP contribution is -3.00. The van der Waals surface area contributed by atoms with Crippen LogP contribution in [-0.2, 0) is 0 Å². The van der Waals surface area contributed by atoms with E-state index in [1.54, 1.807) is 0 Å². The molecule has 0 amide bonds. The molecule has 9 heavy (non-hydrogen) atoms. The van der Waals surface area contributed by atoms with Crippen molar-refractivity contribution in [1.82, 2.24) is 14.5 Å². The number of hydrogen-bond acceptors (Lipinski definition) is 2. The van der Waals surface area contributed by atoms with E-state index in [2.05, 4.69) is 15.4 Å². The van der Waals surface area contributed by atoms with Crippen LogP contribution in [0, 0.1) is 0 Å². The largest absolute Gasteiger partial charge is 1.00 e. The Labute approximate surface area is 73.4 Å². The summed E-state index contributed by atoms with van der Waals surface area (Å²) in [5.74, 6) is 0. The van der Waals surface area contributed by atoms with Gasteiger partial charge in [-0.25, -0.2) is 0 Å². The Morgan fingerprint density at radius 2 is 2.00 bits per heavy atom. The number of rotatable bonds is 0. The number of halogens is 4. The fraction of sp³-hybridized carbons (Fsp3) is 0. The Morgan fingerprint density at radius 3 is 2.11 bits per heavy atom. The summed E-state index contributed by atoms with van der Waals surface area (Å²) in [6.07, 6.45) is 0. The molecule has 0 bridgehead atoms. The second-order valence-corrected chi connectivity index (χ2v) is 1.50. The van der Waals surface area contributed by atoms with Crippen molar-refractivity contribution in [2.45, 2.75) is 0 Å². The van der Waals surface area contributed by atoms with E-state index in [-0.39, 0.29) is 30.1 Å². The van der Waals surface area contributed by atoms with Gasteiger partial charge in [0, 0.05) is 5.10 Å². The van der Waals surface area contributed by atoms with Gasteiger partial charge < -0.3 is 24.8 Å². The van der Waals surface area contributed by atoms with E-state index >= 15 is 0 Å². The molecule has 1 N–H and O–H groups in total. The van der Waals surface area contributed by atoms with Crippen molar-refractivity contribution in [3.05, 3.63) is 5.28 Å². The molecule has 0 atom stereocenters. The quantitative estimate of drug-likeness (QED) is 0.428. The van der Waals surface area contributed by atoms with Crippen LogP contribution in [0.5, 0.6) is 0 Å². The molecule has 0 unspecified atom stereocenters. The van der Waals surface area contributed by atoms with Gasteiger partial charge in [0.1, 0.15) is 16.9 Å². The third-order valence-corrected chi connectivity index (χ3v) is 0.706. The Hall–Kier alpha value is 0.230. The molecule has 1 aromatic heterocycles. The highest BCUT2D eigenvalue weighted by molar-refractivity contribution is 6.28. The highest BCUT2D eigenvalue weighted by Gasteiger charge is 2.02. The van der Waals surface area contributed by atoms with E-state index in [9.17, 15) is 0 Å². The van der Waals surface area contributed by atoms with Crippen LogP contribution >= 0.6 is 23.4 Å². The fourth-order valence-electron chi connectivity index (χ4n) is 0.200. The normalized spacial score (nSPS) is 7.33. The van der Waals surface area contributed by atoms with Gasteiger partial charge in [0.2, 0.25) is 0 Å². The maximum Gasteiger partial charge on any atom is 0.401 e. The fourth-order valence-corrected chi connectivity index (χ4v) is 0.461. The Balaban J connectivity index is 0. The third-order valence-electron chi connectivity index (χ3n) is 0.395. The molecule has 0 aliphatic carbocycles. The van der Waals surface area contributed by atoms with E-state index in [0.717, 1.165) is 4.32 Å². The number of hydrogen-bond donors (Lipinski definition) is 0. The first-order valence-corrected chi connectivity index (χ1v) is 2.17. The molecule has 8 heteroatoms. The molecule has 0 aliphatic rings. The second kappa shape index (κ2) is 5.05. The first-order chi connectivity index (χ1) is 3.29. The number of aromatic amines is 1. The lowest BCUT2D eigenvalue weighted by Gasteiger charge is -1.56. The van der Waals surface area contributed by atoms with Crippen LogP contribution in [0.4, 0.5) is 0 Å². The first-order valence-electron chi connectivity index (χ1n) is 1.45. The summed E-state index contributed by atoms with van der Waals surface area (Å²) < 4.78 is 0.891. The summed E-state index contributed by atoms with van der Waals surface area (Å²) in [4.78, 5) is 0. The van der Waals surface area contributed by atoms with Crippen molar-refractivity contribution in [2.75, 3.05) is 0 Å². The summed E-state index contributed by atoms with van der Waals surface area (Å²) in [6.45, 7) is 0. The average Bonchev–Trinajstić information content (AvgIpc) is 1.87. The summed E-state index contributed by atoms with van der Waals surface area (Å²) in [5.41, 5.74) is 0. The number of nitrogens with one attached hydrogen (secondary N) is 1. The van der Waals surface area contributed by atoms with Crippen molar-refractivity contribution >= 4 is 23.4 Å². The Morgan fingerprint density at radius 1 is 1.44 bits per heavy atom. The van der Waals surface area contributed by atoms with Gasteiger partial charge in [0.05, 0.1) is 4.32 Å². The maximum absolute atomic E-state index is 5.20. The minimum absolute atomic E-state index is 0. The van der Waals surface area contributed by atoms with Crippen LogP contribution in [0.15, 0.2) is 0 Å². The number of tetrazole rings is 1. The van der Waals surface area contributed by atoms with Gasteiger partial charge in [-0.3, -0.25) is 0 Å². The van der Waals surface area contributed by atoms with Crippen molar-refractivity contribution in [3.63, 3.8) is 0 Å². The molecular formula is CHCl4N4-. The van der Waals surface area contributed by atoms with Gasteiger partial charge in [0.25, 0.3) is 0 Å². The molecule has 0 radical (unpaired) electrons. The molecular weight excluding hydrogens is 210 g/mol. The topological polar surface area (TPSA) is 44.9 Å². The summed E-state index contributed by atoms with van der Waals surface area (Å²) >= 11 is 10.4. The minimum Gasteiger partial charge on any atom is -1.00 e. The lowest BCUT2D eigenvalue weighted by atomic mass is 11.4. The zero-order valence-electron chi connectivity index (χ0n) is 3.85. The van der Waals surface area contributed by atoms with Gasteiger partial charge >= 0.3 is 5.28 Å². The molecule has 0 saturated carbocycles. The van der Waals surface area contributed by atoms with Crippen LogP contribution in [0.1, 0.15) is 0 Å². The Bertz CT molecular complexity index is 145. The van der Waals surface area contributed by atoms with E-state index < -0.39 is 0 Å². The molecule has 54 valence electrons. The standard InChI is InChI=1S/CCl2N4.2ClH/c2-1-4-6-7(3)5-1;;/h;2*1H/p-1. The van der Waals surface area contributed by atoms with Crippen molar-refractivity contribution in [2.24, 2.45) is 0 Å². The molecule has 0 fully saturated rings. The zero-order valence-corrected chi connectivity index (χ0v) is 6.88. The molecule has 4 nitrogen and oxygen atoms in total. The third kappa shape index (κ3) is 3.75. The number of aromatic nitrogens is 4. The van der Waals surface area contributed by atoms with Crippen LogP contribution < -0.4 is 30.0 Å². The molecule has 0 spiro atoms. The molecule has 0 aliphatic heterocycles. The maximum atomic E-state index is 5.20. The number of nitrogens with zero attached hydrogens (tertiary/aromatic N) is 3. The predicted molar refractivity (Wildman–Crippen MR) is 22.8 cm³/mol. The Kier molecular flexibility index (Phi) is 6.71. The van der Waals surface area contributed by atoms with E-state index in [0.29, 0.717) is 0 Å². The van der Waals surface area contributed by atoms with Crippen LogP contribution in [0.25, 0.3) is 0 Å². The summed E-state index contributed by atoms with van der Waals surface area (Å²) in [7, 11) is 0. The molecule has 1 heterocycles. The summed E-state index contributed by atoms with van der Waals surface area (Å²) in [6, 6.07) is 0. The minimum atomic E-state index is 0. The molecule has 1 aromatic rings. The number of H-pyrrole nitrogens is 1. The van der Waals surface area contributed by atoms with Gasteiger partial charge in [0.15, 0.2) is 0 Å². The van der Waals surface area contributed by atoms with Gasteiger partial charge in [-0.05, 0) is 11.6 Å². The van der Waals surface area contributed by atoms with Crippen molar-refractivity contribution in [1.29, 1.82) is 0 Å². The molecule has 0 saturated heterocycles. The summed E-state index contributed by atoms with van der Waals surface area (Å²) in [5, 5.41) is 9.13. The van der Waals surface area contributed by atoms with E-state index in [4.69, 9.17) is 23.4 Å².